The Morgan fingerprint density at radius 3 is 2.15 bits per heavy atom. The Morgan fingerprint density at radius 2 is 1.57 bits per heavy atom. The second-order valence-corrected chi connectivity index (χ2v) is 12.0. The first-order valence-electron chi connectivity index (χ1n) is 14.3. The van der Waals surface area contributed by atoms with Crippen LogP contribution in [0.3, 0.4) is 0 Å². The largest absolute Gasteiger partial charge is 0.394 e. The van der Waals surface area contributed by atoms with Gasteiger partial charge in [0, 0.05) is 11.1 Å². The fourth-order valence-corrected chi connectivity index (χ4v) is 6.24. The van der Waals surface area contributed by atoms with Crippen LogP contribution in [0.5, 0.6) is 0 Å². The number of benzene rings is 2. The van der Waals surface area contributed by atoms with Crippen molar-refractivity contribution in [2.24, 2.45) is 0 Å². The third-order valence-electron chi connectivity index (χ3n) is 7.43. The van der Waals surface area contributed by atoms with Gasteiger partial charge in [-0.1, -0.05) is 46.5 Å². The highest BCUT2D eigenvalue weighted by atomic mass is 32.2. The minimum atomic E-state index is -1.52. The van der Waals surface area contributed by atoms with Crippen LogP contribution in [-0.2, 0) is 16.0 Å². The van der Waals surface area contributed by atoms with E-state index in [1.54, 1.807) is 12.1 Å². The molecule has 3 unspecified atom stereocenters. The van der Waals surface area contributed by atoms with E-state index in [2.05, 4.69) is 20.6 Å². The summed E-state index contributed by atoms with van der Waals surface area (Å²) >= 11 is 0.781. The predicted molar refractivity (Wildman–Crippen MR) is 159 cm³/mol. The molecule has 0 amide bonds. The topological polar surface area (TPSA) is 201 Å². The Morgan fingerprint density at radius 1 is 0.935 bits per heavy atom. The van der Waals surface area contributed by atoms with Crippen molar-refractivity contribution < 1.29 is 48.9 Å². The number of ether oxygens (including phenoxy) is 2. The Balaban J connectivity index is 1.38. The molecule has 5 rings (SSSR count). The molecular weight excluding hydrogens is 630 g/mol. The molecule has 0 radical (unpaired) electrons. The zero-order chi connectivity index (χ0) is 33.0. The van der Waals surface area contributed by atoms with E-state index in [0.717, 1.165) is 11.8 Å². The van der Waals surface area contributed by atoms with Crippen molar-refractivity contribution in [3.05, 3.63) is 72.6 Å². The van der Waals surface area contributed by atoms with Gasteiger partial charge >= 0.3 is 0 Å². The molecule has 2 aromatic carbocycles. The van der Waals surface area contributed by atoms with Gasteiger partial charge in [0.2, 0.25) is 0 Å². The molecule has 0 spiro atoms. The first-order chi connectivity index (χ1) is 22.1. The van der Waals surface area contributed by atoms with E-state index in [4.69, 9.17) is 9.47 Å². The number of halogens is 2. The molecule has 1 aliphatic heterocycles. The molecule has 9 atom stereocenters. The SMILES string of the molecule is C[C@@H](O)C(CO)O[C@@H](S[C@@H]1O[C@H](CO)C(O)C(n2cc(-c3cccc(F)c3)nn2)[C@H]1O)[C@@H](O)Cn1cc(-c2cccc(F)c2)nn1. The molecule has 4 aromatic rings. The molecule has 1 fully saturated rings. The molecule has 1 aliphatic rings. The van der Waals surface area contributed by atoms with Crippen LogP contribution in [-0.4, -0.2) is 121 Å². The number of hydrogen-bond donors (Lipinski definition) is 6. The second kappa shape index (κ2) is 15.0. The third-order valence-corrected chi connectivity index (χ3v) is 8.78. The van der Waals surface area contributed by atoms with Crippen LogP contribution in [0.1, 0.15) is 13.0 Å². The van der Waals surface area contributed by atoms with Gasteiger partial charge in [-0.05, 0) is 31.2 Å². The van der Waals surface area contributed by atoms with Crippen LogP contribution < -0.4 is 0 Å². The fourth-order valence-electron chi connectivity index (χ4n) is 4.97. The van der Waals surface area contributed by atoms with Gasteiger partial charge in [0.05, 0.1) is 38.3 Å². The summed E-state index contributed by atoms with van der Waals surface area (Å²) in [5.41, 5.74) is -1.05. The van der Waals surface area contributed by atoms with Crippen molar-refractivity contribution in [2.45, 2.75) is 67.0 Å². The zero-order valence-electron chi connectivity index (χ0n) is 24.4. The van der Waals surface area contributed by atoms with Gasteiger partial charge in [-0.25, -0.2) is 18.1 Å². The number of nitrogens with zero attached hydrogens (tertiary/aromatic N) is 6. The molecular formula is C29H34F2N6O8S. The summed E-state index contributed by atoms with van der Waals surface area (Å²) in [5, 5.41) is 79.8. The highest BCUT2D eigenvalue weighted by molar-refractivity contribution is 8.00. The summed E-state index contributed by atoms with van der Waals surface area (Å²) in [6.07, 6.45) is -4.99. The van der Waals surface area contributed by atoms with Crippen molar-refractivity contribution in [2.75, 3.05) is 13.2 Å². The van der Waals surface area contributed by atoms with Crippen LogP contribution >= 0.6 is 11.8 Å². The van der Waals surface area contributed by atoms with Gasteiger partial charge in [0.1, 0.15) is 70.5 Å². The van der Waals surface area contributed by atoms with Crippen LogP contribution in [0.4, 0.5) is 8.78 Å². The Kier molecular flexibility index (Phi) is 11.1. The number of aliphatic hydroxyl groups is 6. The monoisotopic (exact) mass is 664 g/mol. The summed E-state index contributed by atoms with van der Waals surface area (Å²) < 4.78 is 41.7. The van der Waals surface area contributed by atoms with Crippen molar-refractivity contribution in [3.63, 3.8) is 0 Å². The van der Waals surface area contributed by atoms with Gasteiger partial charge in [-0.15, -0.1) is 10.2 Å². The Hall–Kier alpha value is -3.39. The lowest BCUT2D eigenvalue weighted by atomic mass is 9.97. The Labute approximate surface area is 265 Å². The maximum atomic E-state index is 13.8. The average molecular weight is 665 g/mol. The van der Waals surface area contributed by atoms with E-state index in [1.165, 1.54) is 65.1 Å². The standard InChI is InChI=1S/C29H34F2N6O8S/c1-15(40)23(13-38)44-28(22(41)12-36-10-20(32-34-36)16-4-2-6-18(30)8-16)46-29-27(43)25(26(42)24(14-39)45-29)37-11-21(33-35-37)17-5-3-7-19(31)9-17/h2-11,15,22-29,38-43H,12-14H2,1H3/t15-,22+,23?,24-,25?,26?,27-,28+,29+/m1/s1. The number of hydrogen-bond acceptors (Lipinski definition) is 13. The van der Waals surface area contributed by atoms with Gasteiger partial charge in [-0.2, -0.15) is 0 Å². The smallest absolute Gasteiger partial charge is 0.134 e. The maximum Gasteiger partial charge on any atom is 0.134 e. The van der Waals surface area contributed by atoms with Gasteiger partial charge in [0.25, 0.3) is 0 Å². The fraction of sp³-hybridized carbons (Fsp3) is 0.448. The minimum absolute atomic E-state index is 0.212. The van der Waals surface area contributed by atoms with Crippen LogP contribution in [0.15, 0.2) is 60.9 Å². The molecule has 0 bridgehead atoms. The molecule has 2 aromatic heterocycles. The summed E-state index contributed by atoms with van der Waals surface area (Å²) in [6, 6.07) is 10.2. The minimum Gasteiger partial charge on any atom is -0.394 e. The highest BCUT2D eigenvalue weighted by Gasteiger charge is 2.48. The number of aromatic nitrogens is 6. The number of thioether (sulfide) groups is 1. The van der Waals surface area contributed by atoms with Gasteiger partial charge < -0.3 is 40.1 Å². The Bertz CT molecular complexity index is 1580. The molecule has 0 saturated carbocycles. The molecule has 14 nitrogen and oxygen atoms in total. The second-order valence-electron chi connectivity index (χ2n) is 10.8. The molecule has 0 aliphatic carbocycles. The van der Waals surface area contributed by atoms with Crippen molar-refractivity contribution in [3.8, 4) is 22.5 Å². The molecule has 1 saturated heterocycles. The van der Waals surface area contributed by atoms with Crippen LogP contribution in [0, 0.1) is 11.6 Å². The van der Waals surface area contributed by atoms with Crippen LogP contribution in [0.2, 0.25) is 0 Å². The summed E-state index contributed by atoms with van der Waals surface area (Å²) in [4.78, 5) is 0. The lowest BCUT2D eigenvalue weighted by Gasteiger charge is -2.43. The normalized spacial score (nSPS) is 24.4. The van der Waals surface area contributed by atoms with Gasteiger partial charge in [0.15, 0.2) is 0 Å². The number of rotatable bonds is 13. The average Bonchev–Trinajstić information content (AvgIpc) is 3.71. The van der Waals surface area contributed by atoms with E-state index in [9.17, 15) is 39.4 Å². The molecule has 248 valence electrons. The zero-order valence-corrected chi connectivity index (χ0v) is 25.3. The van der Waals surface area contributed by atoms with E-state index >= 15 is 0 Å². The van der Waals surface area contributed by atoms with Crippen LogP contribution in [0.25, 0.3) is 22.5 Å². The molecule has 46 heavy (non-hydrogen) atoms. The van der Waals surface area contributed by atoms with Crippen molar-refractivity contribution in [1.29, 1.82) is 0 Å². The summed E-state index contributed by atoms with van der Waals surface area (Å²) in [6.45, 7) is -0.0737. The van der Waals surface area contributed by atoms with Crippen molar-refractivity contribution >= 4 is 11.8 Å². The van der Waals surface area contributed by atoms with Crippen molar-refractivity contribution in [1.82, 2.24) is 30.0 Å². The lowest BCUT2D eigenvalue weighted by Crippen LogP contribution is -2.56. The molecule has 6 N–H and O–H groups in total. The lowest BCUT2D eigenvalue weighted by molar-refractivity contribution is -0.180. The first-order valence-corrected chi connectivity index (χ1v) is 15.3. The molecule has 17 heteroatoms. The molecule has 3 heterocycles. The highest BCUT2D eigenvalue weighted by Crippen LogP contribution is 2.38. The predicted octanol–water partition coefficient (Wildman–Crippen LogP) is 0.341. The quantitative estimate of drug-likeness (QED) is 0.107. The van der Waals surface area contributed by atoms with E-state index < -0.39 is 78.4 Å². The maximum absolute atomic E-state index is 13.8. The first kappa shape index (κ1) is 34.0. The van der Waals surface area contributed by atoms with E-state index in [-0.39, 0.29) is 12.2 Å². The van der Waals surface area contributed by atoms with Gasteiger partial charge in [-0.3, -0.25) is 0 Å². The third kappa shape index (κ3) is 7.76. The number of aliphatic hydroxyl groups excluding tert-OH is 6. The summed E-state index contributed by atoms with van der Waals surface area (Å²) in [5.74, 6) is -0.953. The summed E-state index contributed by atoms with van der Waals surface area (Å²) in [7, 11) is 0. The van der Waals surface area contributed by atoms with E-state index in [1.807, 2.05) is 0 Å². The van der Waals surface area contributed by atoms with E-state index in [0.29, 0.717) is 16.8 Å².